The van der Waals surface area contributed by atoms with Crippen molar-refractivity contribution in [3.8, 4) is 0 Å². The smallest absolute Gasteiger partial charge is 0.359 e. The molecule has 11 heavy (non-hydrogen) atoms. The van der Waals surface area contributed by atoms with Crippen molar-refractivity contribution in [1.29, 1.82) is 0 Å². The highest BCUT2D eigenvalue weighted by molar-refractivity contribution is 7.53. The molecule has 2 atom stereocenters. The van der Waals surface area contributed by atoms with Crippen LogP contribution in [0.25, 0.3) is 0 Å². The average Bonchev–Trinajstić information content (AvgIpc) is 1.83. The highest BCUT2D eigenvalue weighted by Crippen LogP contribution is 2.49. The molecule has 0 radical (unpaired) electrons. The number of hydrogen-bond donors (Lipinski definition) is 5. The molecule has 7 heteroatoms. The predicted molar refractivity (Wildman–Crippen MR) is 39.7 cm³/mol. The van der Waals surface area contributed by atoms with Gasteiger partial charge in [0.2, 0.25) is 0 Å². The molecule has 68 valence electrons. The van der Waals surface area contributed by atoms with Gasteiger partial charge >= 0.3 is 7.60 Å². The van der Waals surface area contributed by atoms with E-state index >= 15 is 0 Å². The fraction of sp³-hybridized carbons (Fsp3) is 1.00. The lowest BCUT2D eigenvalue weighted by molar-refractivity contribution is 0.0789. The van der Waals surface area contributed by atoms with Crippen molar-refractivity contribution in [2.45, 2.75) is 18.3 Å². The van der Waals surface area contributed by atoms with Gasteiger partial charge in [0.1, 0.15) is 0 Å². The molecule has 0 amide bonds. The van der Waals surface area contributed by atoms with Gasteiger partial charge in [0, 0.05) is 12.6 Å². The first-order valence-corrected chi connectivity index (χ1v) is 4.60. The van der Waals surface area contributed by atoms with Gasteiger partial charge in [0.15, 0.2) is 5.34 Å². The molecule has 0 aliphatic carbocycles. The Balaban J connectivity index is 4.76. The van der Waals surface area contributed by atoms with E-state index < -0.39 is 25.5 Å². The maximum absolute atomic E-state index is 10.6. The number of aliphatic hydroxyl groups is 1. The second-order valence-electron chi connectivity index (χ2n) is 2.42. The lowest BCUT2D eigenvalue weighted by Gasteiger charge is -2.30. The summed E-state index contributed by atoms with van der Waals surface area (Å²) in [5, 5.41) is 6.92. The van der Waals surface area contributed by atoms with Crippen molar-refractivity contribution >= 4 is 7.60 Å². The van der Waals surface area contributed by atoms with Crippen molar-refractivity contribution in [2.75, 3.05) is 6.54 Å². The monoisotopic (exact) mass is 184 g/mol. The van der Waals surface area contributed by atoms with Gasteiger partial charge < -0.3 is 26.4 Å². The van der Waals surface area contributed by atoms with Crippen LogP contribution in [0.1, 0.15) is 6.92 Å². The molecule has 0 saturated carbocycles. The van der Waals surface area contributed by atoms with Crippen molar-refractivity contribution in [3.63, 3.8) is 0 Å². The van der Waals surface area contributed by atoms with E-state index in [2.05, 4.69) is 0 Å². The Morgan fingerprint density at radius 1 is 1.64 bits per heavy atom. The van der Waals surface area contributed by atoms with Crippen LogP contribution in [0.15, 0.2) is 0 Å². The highest BCUT2D eigenvalue weighted by Gasteiger charge is 2.47. The number of nitrogens with two attached hydrogens (primary N) is 2. The van der Waals surface area contributed by atoms with Crippen molar-refractivity contribution in [3.05, 3.63) is 0 Å². The fourth-order valence-corrected chi connectivity index (χ4v) is 1.34. The lowest BCUT2D eigenvalue weighted by atomic mass is 10.2. The van der Waals surface area contributed by atoms with E-state index in [4.69, 9.17) is 21.3 Å². The van der Waals surface area contributed by atoms with E-state index in [1.807, 2.05) is 0 Å². The van der Waals surface area contributed by atoms with Gasteiger partial charge in [0.05, 0.1) is 0 Å². The van der Waals surface area contributed by atoms with Gasteiger partial charge in [-0.2, -0.15) is 0 Å². The first-order chi connectivity index (χ1) is 4.75. The second kappa shape index (κ2) is 3.18. The number of hydrogen-bond acceptors (Lipinski definition) is 4. The minimum absolute atomic E-state index is 0.561. The Hall–Kier alpha value is 0.0300. The summed E-state index contributed by atoms with van der Waals surface area (Å²) in [7, 11) is -4.64. The predicted octanol–water partition coefficient (Wildman–Crippen LogP) is -1.84. The maximum atomic E-state index is 10.6. The molecule has 2 unspecified atom stereocenters. The largest absolute Gasteiger partial charge is 0.375 e. The molecule has 0 aromatic carbocycles. The summed E-state index contributed by atoms with van der Waals surface area (Å²) < 4.78 is 10.6. The fourth-order valence-electron chi connectivity index (χ4n) is 0.570. The quantitative estimate of drug-likeness (QED) is 0.327. The van der Waals surface area contributed by atoms with E-state index in [0.717, 1.165) is 0 Å². The van der Waals surface area contributed by atoms with Crippen LogP contribution in [0.5, 0.6) is 0 Å². The molecule has 0 aromatic rings. The molecule has 0 spiro atoms. The van der Waals surface area contributed by atoms with Gasteiger partial charge in [-0.05, 0) is 6.92 Å². The molecule has 7 N–H and O–H groups in total. The van der Waals surface area contributed by atoms with E-state index in [1.54, 1.807) is 0 Å². The van der Waals surface area contributed by atoms with Crippen LogP contribution in [0, 0.1) is 0 Å². The van der Waals surface area contributed by atoms with Crippen molar-refractivity contribution in [1.82, 2.24) is 0 Å². The van der Waals surface area contributed by atoms with Gasteiger partial charge in [-0.25, -0.2) is 0 Å². The molecular formula is C4H13N2O4P. The molecule has 0 fully saturated rings. The van der Waals surface area contributed by atoms with Crippen molar-refractivity contribution < 1.29 is 19.5 Å². The second-order valence-corrected chi connectivity index (χ2v) is 4.28. The molecule has 6 nitrogen and oxygen atoms in total. The zero-order chi connectivity index (χ0) is 9.28. The minimum atomic E-state index is -4.64. The third kappa shape index (κ3) is 1.99. The van der Waals surface area contributed by atoms with E-state index in [9.17, 15) is 9.67 Å². The first kappa shape index (κ1) is 11.0. The van der Waals surface area contributed by atoms with Gasteiger partial charge in [-0.3, -0.25) is 4.57 Å². The molecule has 0 saturated heterocycles. The van der Waals surface area contributed by atoms with Crippen LogP contribution in [0.4, 0.5) is 0 Å². The zero-order valence-corrected chi connectivity index (χ0v) is 7.03. The van der Waals surface area contributed by atoms with Gasteiger partial charge in [-0.15, -0.1) is 0 Å². The Labute approximate surface area is 64.4 Å². The molecule has 0 heterocycles. The Morgan fingerprint density at radius 2 is 2.00 bits per heavy atom. The van der Waals surface area contributed by atoms with E-state index in [1.165, 1.54) is 6.92 Å². The standard InChI is InChI=1S/C4H13N2O4P/c1-3(6)4(7,2-5)11(8,9)10/h3,7H,2,5-6H2,1H3,(H2,8,9,10). The van der Waals surface area contributed by atoms with E-state index in [-0.39, 0.29) is 0 Å². The highest BCUT2D eigenvalue weighted by atomic mass is 31.2. The van der Waals surface area contributed by atoms with Crippen LogP contribution in [0.2, 0.25) is 0 Å². The summed E-state index contributed by atoms with van der Waals surface area (Å²) in [6, 6.07) is -1.06. The molecule has 0 aliphatic heterocycles. The third-order valence-electron chi connectivity index (χ3n) is 1.53. The van der Waals surface area contributed by atoms with Crippen LogP contribution < -0.4 is 11.5 Å². The normalized spacial score (nSPS) is 20.9. The van der Waals surface area contributed by atoms with Gasteiger partial charge in [0.25, 0.3) is 0 Å². The third-order valence-corrected chi connectivity index (χ3v) is 3.13. The first-order valence-electron chi connectivity index (χ1n) is 2.99. The molecule has 0 aromatic heterocycles. The average molecular weight is 184 g/mol. The Morgan fingerprint density at radius 3 is 2.00 bits per heavy atom. The SMILES string of the molecule is CC(N)C(O)(CN)P(=O)(O)O. The molecule has 0 aliphatic rings. The van der Waals surface area contributed by atoms with Crippen LogP contribution in [-0.2, 0) is 4.57 Å². The minimum Gasteiger partial charge on any atom is -0.375 e. The maximum Gasteiger partial charge on any atom is 0.359 e. The summed E-state index contributed by atoms with van der Waals surface area (Å²) in [6.07, 6.45) is 0. The summed E-state index contributed by atoms with van der Waals surface area (Å²) in [5.41, 5.74) is 10.1. The zero-order valence-electron chi connectivity index (χ0n) is 6.14. The van der Waals surface area contributed by atoms with Crippen molar-refractivity contribution in [2.24, 2.45) is 11.5 Å². The molecule has 0 rings (SSSR count). The van der Waals surface area contributed by atoms with Gasteiger partial charge in [-0.1, -0.05) is 0 Å². The summed E-state index contributed by atoms with van der Waals surface area (Å²) in [4.78, 5) is 17.2. The topological polar surface area (TPSA) is 130 Å². The summed E-state index contributed by atoms with van der Waals surface area (Å²) >= 11 is 0. The van der Waals surface area contributed by atoms with Crippen LogP contribution in [0.3, 0.4) is 0 Å². The Kier molecular flexibility index (Phi) is 3.19. The van der Waals surface area contributed by atoms with Crippen LogP contribution in [-0.4, -0.2) is 32.8 Å². The van der Waals surface area contributed by atoms with E-state index in [0.29, 0.717) is 0 Å². The number of rotatable bonds is 3. The summed E-state index contributed by atoms with van der Waals surface area (Å²) in [5.74, 6) is 0. The Bertz CT molecular complexity index is 179. The summed E-state index contributed by atoms with van der Waals surface area (Å²) in [6.45, 7) is 0.723. The lowest BCUT2D eigenvalue weighted by Crippen LogP contribution is -2.51. The molecular weight excluding hydrogens is 171 g/mol. The van der Waals surface area contributed by atoms with Crippen LogP contribution >= 0.6 is 7.60 Å². The molecule has 0 bridgehead atoms.